The second-order valence-corrected chi connectivity index (χ2v) is 6.74. The number of hydrogen-bond acceptors (Lipinski definition) is 5. The van der Waals surface area contributed by atoms with E-state index in [1.807, 2.05) is 12.1 Å². The molecule has 3 rings (SSSR count). The van der Waals surface area contributed by atoms with E-state index in [4.69, 9.17) is 14.5 Å². The van der Waals surface area contributed by atoms with Gasteiger partial charge in [-0.25, -0.2) is 4.39 Å². The molecule has 0 amide bonds. The minimum Gasteiger partial charge on any atom is -0.493 e. The highest BCUT2D eigenvalue weighted by molar-refractivity contribution is 6.02. The summed E-state index contributed by atoms with van der Waals surface area (Å²) in [7, 11) is 3.23. The van der Waals surface area contributed by atoms with Gasteiger partial charge in [-0.3, -0.25) is 10.4 Å². The standard InChI is InChI=1S/C20H22FN3O2.ClH/c1-20(2)11-14-9-17(25-3)18(26-4)10-16(14)19(23-20)24-22-12-13-5-7-15(21)8-6-13;/h5-10,12H,11H2,1-4H3,(H,23,24);1H. The number of nitrogens with zero attached hydrogens (tertiary/aromatic N) is 2. The number of hydrogen-bond donors (Lipinski definition) is 1. The summed E-state index contributed by atoms with van der Waals surface area (Å²) in [5.74, 6) is 1.72. The Bertz CT molecular complexity index is 864. The van der Waals surface area contributed by atoms with E-state index in [-0.39, 0.29) is 23.8 Å². The van der Waals surface area contributed by atoms with Crippen LogP contribution in [-0.4, -0.2) is 31.8 Å². The van der Waals surface area contributed by atoms with Crippen LogP contribution >= 0.6 is 12.4 Å². The zero-order chi connectivity index (χ0) is 18.7. The van der Waals surface area contributed by atoms with Crippen molar-refractivity contribution in [1.29, 1.82) is 0 Å². The van der Waals surface area contributed by atoms with Crippen LogP contribution in [0.15, 0.2) is 46.5 Å². The van der Waals surface area contributed by atoms with Gasteiger partial charge in [0.15, 0.2) is 11.5 Å². The third-order valence-electron chi connectivity index (χ3n) is 4.16. The van der Waals surface area contributed by atoms with Crippen molar-refractivity contribution in [3.63, 3.8) is 0 Å². The molecule has 0 aromatic heterocycles. The minimum atomic E-state index is -0.275. The minimum absolute atomic E-state index is 0. The molecule has 0 saturated heterocycles. The van der Waals surface area contributed by atoms with E-state index in [9.17, 15) is 4.39 Å². The summed E-state index contributed by atoms with van der Waals surface area (Å²) in [4.78, 5) is 4.77. The second-order valence-electron chi connectivity index (χ2n) is 6.74. The molecule has 1 N–H and O–H groups in total. The third kappa shape index (κ3) is 4.77. The lowest BCUT2D eigenvalue weighted by atomic mass is 9.88. The van der Waals surface area contributed by atoms with Crippen LogP contribution in [0.5, 0.6) is 11.5 Å². The van der Waals surface area contributed by atoms with Gasteiger partial charge in [-0.1, -0.05) is 12.1 Å². The molecule has 0 spiro atoms. The van der Waals surface area contributed by atoms with E-state index in [1.54, 1.807) is 32.6 Å². The number of hydrazone groups is 1. The molecule has 0 saturated carbocycles. The molecule has 0 radical (unpaired) electrons. The maximum atomic E-state index is 13.0. The van der Waals surface area contributed by atoms with Gasteiger partial charge in [0.2, 0.25) is 0 Å². The van der Waals surface area contributed by atoms with E-state index >= 15 is 0 Å². The molecule has 1 aliphatic heterocycles. The van der Waals surface area contributed by atoms with Crippen LogP contribution in [0.2, 0.25) is 0 Å². The number of aliphatic imine (C=N–C) groups is 1. The maximum Gasteiger partial charge on any atom is 0.161 e. The smallest absolute Gasteiger partial charge is 0.161 e. The normalized spacial score (nSPS) is 14.8. The number of amidine groups is 1. The summed E-state index contributed by atoms with van der Waals surface area (Å²) in [6.07, 6.45) is 2.42. The summed E-state index contributed by atoms with van der Waals surface area (Å²) in [5, 5.41) is 4.26. The monoisotopic (exact) mass is 391 g/mol. The summed E-state index contributed by atoms with van der Waals surface area (Å²) in [6, 6.07) is 10.0. The van der Waals surface area contributed by atoms with Crippen LogP contribution in [0.25, 0.3) is 0 Å². The second kappa shape index (κ2) is 8.39. The molecule has 5 nitrogen and oxygen atoms in total. The summed E-state index contributed by atoms with van der Waals surface area (Å²) < 4.78 is 23.8. The van der Waals surface area contributed by atoms with Crippen molar-refractivity contribution in [3.05, 3.63) is 58.9 Å². The predicted molar refractivity (Wildman–Crippen MR) is 108 cm³/mol. The summed E-state index contributed by atoms with van der Waals surface area (Å²) in [6.45, 7) is 4.13. The zero-order valence-corrected chi connectivity index (χ0v) is 16.6. The molecule has 0 fully saturated rings. The molecule has 1 aliphatic rings. The van der Waals surface area contributed by atoms with Crippen LogP contribution in [0.4, 0.5) is 4.39 Å². The van der Waals surface area contributed by atoms with Crippen molar-refractivity contribution in [1.82, 2.24) is 5.43 Å². The zero-order valence-electron chi connectivity index (χ0n) is 15.7. The van der Waals surface area contributed by atoms with Gasteiger partial charge >= 0.3 is 0 Å². The van der Waals surface area contributed by atoms with Gasteiger partial charge in [0.1, 0.15) is 11.7 Å². The van der Waals surface area contributed by atoms with Gasteiger partial charge in [0.05, 0.1) is 26.0 Å². The number of benzene rings is 2. The van der Waals surface area contributed by atoms with Crippen LogP contribution in [0.3, 0.4) is 0 Å². The van der Waals surface area contributed by atoms with Gasteiger partial charge in [0.25, 0.3) is 0 Å². The van der Waals surface area contributed by atoms with E-state index in [2.05, 4.69) is 24.4 Å². The first-order valence-corrected chi connectivity index (χ1v) is 8.31. The van der Waals surface area contributed by atoms with Crippen molar-refractivity contribution in [2.75, 3.05) is 14.2 Å². The van der Waals surface area contributed by atoms with Crippen LogP contribution in [-0.2, 0) is 6.42 Å². The Kier molecular flexibility index (Phi) is 6.44. The van der Waals surface area contributed by atoms with Gasteiger partial charge in [-0.05, 0) is 55.7 Å². The van der Waals surface area contributed by atoms with E-state index < -0.39 is 0 Å². The highest BCUT2D eigenvalue weighted by Gasteiger charge is 2.28. The van der Waals surface area contributed by atoms with E-state index in [0.717, 1.165) is 23.1 Å². The fourth-order valence-corrected chi connectivity index (χ4v) is 2.96. The molecule has 0 aliphatic carbocycles. The number of nitrogens with one attached hydrogen (secondary N) is 1. The third-order valence-corrected chi connectivity index (χ3v) is 4.16. The van der Waals surface area contributed by atoms with Crippen molar-refractivity contribution < 1.29 is 13.9 Å². The largest absolute Gasteiger partial charge is 0.493 e. The molecule has 144 valence electrons. The van der Waals surface area contributed by atoms with Crippen molar-refractivity contribution >= 4 is 24.5 Å². The van der Waals surface area contributed by atoms with Crippen molar-refractivity contribution in [2.45, 2.75) is 25.8 Å². The lowest BCUT2D eigenvalue weighted by Crippen LogP contribution is -2.34. The van der Waals surface area contributed by atoms with Crippen LogP contribution < -0.4 is 14.9 Å². The first-order chi connectivity index (χ1) is 12.4. The van der Waals surface area contributed by atoms with Crippen molar-refractivity contribution in [2.24, 2.45) is 10.1 Å². The van der Waals surface area contributed by atoms with Gasteiger partial charge in [-0.15, -0.1) is 12.4 Å². The lowest BCUT2D eigenvalue weighted by Gasteiger charge is -2.29. The molecule has 2 aromatic carbocycles. The van der Waals surface area contributed by atoms with Gasteiger partial charge < -0.3 is 9.47 Å². The molecular weight excluding hydrogens is 369 g/mol. The Morgan fingerprint density at radius 1 is 1.11 bits per heavy atom. The molecule has 0 atom stereocenters. The molecule has 7 heteroatoms. The Morgan fingerprint density at radius 3 is 2.37 bits per heavy atom. The summed E-state index contributed by atoms with van der Waals surface area (Å²) in [5.41, 5.74) is 5.59. The fraction of sp³-hybridized carbons (Fsp3) is 0.300. The Labute approximate surface area is 164 Å². The van der Waals surface area contributed by atoms with Crippen LogP contribution in [0, 0.1) is 5.82 Å². The highest BCUT2D eigenvalue weighted by Crippen LogP contribution is 2.35. The molecule has 27 heavy (non-hydrogen) atoms. The van der Waals surface area contributed by atoms with Gasteiger partial charge in [0, 0.05) is 5.56 Å². The SMILES string of the molecule is COc1cc2c(cc1OC)C(NN=Cc1ccc(F)cc1)=NC(C)(C)C2.Cl. The molecule has 1 heterocycles. The number of methoxy groups -OCH3 is 2. The number of rotatable bonds is 4. The van der Waals surface area contributed by atoms with E-state index in [0.29, 0.717) is 17.3 Å². The van der Waals surface area contributed by atoms with Crippen LogP contribution in [0.1, 0.15) is 30.5 Å². The fourth-order valence-electron chi connectivity index (χ4n) is 2.96. The molecular formula is C20H23ClFN3O2. The van der Waals surface area contributed by atoms with Gasteiger partial charge in [-0.2, -0.15) is 5.10 Å². The highest BCUT2D eigenvalue weighted by atomic mass is 35.5. The first-order valence-electron chi connectivity index (χ1n) is 8.31. The average Bonchev–Trinajstić information content (AvgIpc) is 2.61. The first kappa shape index (κ1) is 20.7. The Morgan fingerprint density at radius 2 is 1.74 bits per heavy atom. The maximum absolute atomic E-state index is 13.0. The topological polar surface area (TPSA) is 55.2 Å². The van der Waals surface area contributed by atoms with E-state index in [1.165, 1.54) is 12.1 Å². The Hall–Kier alpha value is -2.60. The number of ether oxygens (including phenoxy) is 2. The van der Waals surface area contributed by atoms with Crippen molar-refractivity contribution in [3.8, 4) is 11.5 Å². The summed E-state index contributed by atoms with van der Waals surface area (Å²) >= 11 is 0. The lowest BCUT2D eigenvalue weighted by molar-refractivity contribution is 0.353. The Balaban J connectivity index is 0.00000261. The molecule has 0 unspecified atom stereocenters. The molecule has 0 bridgehead atoms. The predicted octanol–water partition coefficient (Wildman–Crippen LogP) is 3.97. The molecule has 2 aromatic rings. The quantitative estimate of drug-likeness (QED) is 0.633. The average molecular weight is 392 g/mol. The number of halogens is 2. The number of fused-ring (bicyclic) bond motifs is 1.